The van der Waals surface area contributed by atoms with E-state index in [2.05, 4.69) is 9.97 Å². The number of aromatic amines is 1. The van der Waals surface area contributed by atoms with Crippen LogP contribution in [0.3, 0.4) is 0 Å². The van der Waals surface area contributed by atoms with Gasteiger partial charge < -0.3 is 9.88 Å². The molecule has 5 heteroatoms. The summed E-state index contributed by atoms with van der Waals surface area (Å²) in [5, 5.41) is 4.06. The minimum absolute atomic E-state index is 0.0820. The average Bonchev–Trinajstić information content (AvgIpc) is 3.26. The van der Waals surface area contributed by atoms with Gasteiger partial charge >= 0.3 is 0 Å². The lowest BCUT2D eigenvalue weighted by atomic mass is 10.2. The molecule has 0 bridgehead atoms. The van der Waals surface area contributed by atoms with Crippen LogP contribution in [0.15, 0.2) is 41.1 Å². The van der Waals surface area contributed by atoms with Crippen molar-refractivity contribution < 1.29 is 4.79 Å². The Morgan fingerprint density at radius 2 is 2.27 bits per heavy atom. The van der Waals surface area contributed by atoms with Gasteiger partial charge in [-0.3, -0.25) is 4.79 Å². The minimum atomic E-state index is 0.0820. The highest BCUT2D eigenvalue weighted by Crippen LogP contribution is 2.32. The quantitative estimate of drug-likeness (QED) is 0.804. The summed E-state index contributed by atoms with van der Waals surface area (Å²) in [7, 11) is 0. The molecule has 1 N–H and O–H groups in total. The fourth-order valence-corrected chi connectivity index (χ4v) is 3.82. The van der Waals surface area contributed by atoms with Crippen LogP contribution in [0.4, 0.5) is 0 Å². The number of fused-ring (bicyclic) bond motifs is 1. The Bertz CT molecular complexity index is 760. The molecule has 4 nitrogen and oxygen atoms in total. The number of para-hydroxylation sites is 2. The summed E-state index contributed by atoms with van der Waals surface area (Å²) in [6.07, 6.45) is 2.51. The van der Waals surface area contributed by atoms with Crippen molar-refractivity contribution in [1.29, 1.82) is 0 Å². The van der Waals surface area contributed by atoms with Crippen molar-refractivity contribution >= 4 is 28.3 Å². The molecule has 112 valence electrons. The van der Waals surface area contributed by atoms with Crippen LogP contribution in [0.2, 0.25) is 0 Å². The van der Waals surface area contributed by atoms with E-state index in [9.17, 15) is 4.79 Å². The SMILES string of the molecule is O=C(Cc1ccsc1)N1CCC[C@@H]1c1nc2ccccc2[nH]1. The largest absolute Gasteiger partial charge is 0.340 e. The Morgan fingerprint density at radius 1 is 1.36 bits per heavy atom. The van der Waals surface area contributed by atoms with Crippen molar-refractivity contribution in [3.8, 4) is 0 Å². The summed E-state index contributed by atoms with van der Waals surface area (Å²) in [6.45, 7) is 0.824. The van der Waals surface area contributed by atoms with Gasteiger partial charge in [-0.2, -0.15) is 11.3 Å². The van der Waals surface area contributed by atoms with E-state index in [1.807, 2.05) is 46.0 Å². The first-order valence-electron chi connectivity index (χ1n) is 7.56. The Hall–Kier alpha value is -2.14. The monoisotopic (exact) mass is 311 g/mol. The number of carbonyl (C=O) groups is 1. The molecule has 1 aromatic carbocycles. The molecule has 0 radical (unpaired) electrons. The first-order chi connectivity index (χ1) is 10.8. The van der Waals surface area contributed by atoms with E-state index in [0.717, 1.165) is 41.8 Å². The maximum atomic E-state index is 12.6. The molecule has 1 aliphatic rings. The lowest BCUT2D eigenvalue weighted by molar-refractivity contribution is -0.131. The third kappa shape index (κ3) is 2.41. The number of nitrogens with one attached hydrogen (secondary N) is 1. The summed E-state index contributed by atoms with van der Waals surface area (Å²) < 4.78 is 0. The second-order valence-electron chi connectivity index (χ2n) is 5.69. The van der Waals surface area contributed by atoms with Crippen LogP contribution in [0.1, 0.15) is 30.3 Å². The summed E-state index contributed by atoms with van der Waals surface area (Å²) in [5.41, 5.74) is 3.11. The van der Waals surface area contributed by atoms with E-state index < -0.39 is 0 Å². The molecule has 2 aromatic heterocycles. The van der Waals surface area contributed by atoms with E-state index in [1.54, 1.807) is 11.3 Å². The molecule has 3 heterocycles. The highest BCUT2D eigenvalue weighted by molar-refractivity contribution is 7.08. The number of hydrogen-bond acceptors (Lipinski definition) is 3. The standard InChI is InChI=1S/C17H17N3OS/c21-16(10-12-7-9-22-11-12)20-8-3-6-15(20)17-18-13-4-1-2-5-14(13)19-17/h1-2,4-5,7,9,11,15H,3,6,8,10H2,(H,18,19)/t15-/m1/s1. The Morgan fingerprint density at radius 3 is 3.09 bits per heavy atom. The number of rotatable bonds is 3. The van der Waals surface area contributed by atoms with Crippen molar-refractivity contribution in [2.45, 2.75) is 25.3 Å². The molecule has 1 aliphatic heterocycles. The van der Waals surface area contributed by atoms with Gasteiger partial charge in [0.2, 0.25) is 5.91 Å². The number of benzene rings is 1. The number of nitrogens with zero attached hydrogens (tertiary/aromatic N) is 2. The van der Waals surface area contributed by atoms with Gasteiger partial charge in [-0.05, 0) is 47.4 Å². The minimum Gasteiger partial charge on any atom is -0.340 e. The number of carbonyl (C=O) groups excluding carboxylic acids is 1. The second kappa shape index (κ2) is 5.57. The highest BCUT2D eigenvalue weighted by atomic mass is 32.1. The molecule has 1 fully saturated rings. The molecule has 0 aliphatic carbocycles. The van der Waals surface area contributed by atoms with Crippen molar-refractivity contribution in [2.24, 2.45) is 0 Å². The van der Waals surface area contributed by atoms with E-state index in [4.69, 9.17) is 0 Å². The van der Waals surface area contributed by atoms with Gasteiger partial charge in [0.1, 0.15) is 5.82 Å². The number of hydrogen-bond donors (Lipinski definition) is 1. The van der Waals surface area contributed by atoms with Crippen LogP contribution in [-0.4, -0.2) is 27.3 Å². The zero-order valence-corrected chi connectivity index (χ0v) is 13.0. The van der Waals surface area contributed by atoms with Crippen molar-refractivity contribution in [2.75, 3.05) is 6.54 Å². The van der Waals surface area contributed by atoms with Gasteiger partial charge in [-0.15, -0.1) is 0 Å². The first kappa shape index (κ1) is 13.5. The molecule has 0 unspecified atom stereocenters. The van der Waals surface area contributed by atoms with E-state index in [0.29, 0.717) is 6.42 Å². The third-order valence-corrected chi connectivity index (χ3v) is 4.96. The molecular weight excluding hydrogens is 294 g/mol. The zero-order valence-electron chi connectivity index (χ0n) is 12.2. The van der Waals surface area contributed by atoms with Gasteiger partial charge in [0, 0.05) is 6.54 Å². The summed E-state index contributed by atoms with van der Waals surface area (Å²) in [5.74, 6) is 1.11. The second-order valence-corrected chi connectivity index (χ2v) is 6.47. The molecule has 22 heavy (non-hydrogen) atoms. The average molecular weight is 311 g/mol. The van der Waals surface area contributed by atoms with Gasteiger partial charge in [-0.25, -0.2) is 4.98 Å². The van der Waals surface area contributed by atoms with Gasteiger partial charge in [-0.1, -0.05) is 12.1 Å². The Balaban J connectivity index is 1.58. The summed E-state index contributed by atoms with van der Waals surface area (Å²) in [6, 6.07) is 10.1. The fraction of sp³-hybridized carbons (Fsp3) is 0.294. The topological polar surface area (TPSA) is 49.0 Å². The summed E-state index contributed by atoms with van der Waals surface area (Å²) in [4.78, 5) is 22.6. The van der Waals surface area contributed by atoms with E-state index in [1.165, 1.54) is 0 Å². The number of amides is 1. The zero-order chi connectivity index (χ0) is 14.9. The molecule has 1 atom stereocenters. The number of imidazole rings is 1. The normalized spacial score (nSPS) is 18.2. The predicted molar refractivity (Wildman–Crippen MR) is 87.8 cm³/mol. The number of thiophene rings is 1. The maximum absolute atomic E-state index is 12.6. The molecule has 0 spiro atoms. The molecule has 3 aromatic rings. The number of likely N-dealkylation sites (tertiary alicyclic amines) is 1. The highest BCUT2D eigenvalue weighted by Gasteiger charge is 2.31. The summed E-state index contributed by atoms with van der Waals surface area (Å²) >= 11 is 1.64. The van der Waals surface area contributed by atoms with Gasteiger partial charge in [0.05, 0.1) is 23.5 Å². The Kier molecular flexibility index (Phi) is 3.42. The smallest absolute Gasteiger partial charge is 0.227 e. The lowest BCUT2D eigenvalue weighted by Crippen LogP contribution is -2.32. The molecule has 1 saturated heterocycles. The van der Waals surface area contributed by atoms with Crippen molar-refractivity contribution in [3.05, 3.63) is 52.5 Å². The lowest BCUT2D eigenvalue weighted by Gasteiger charge is -2.23. The predicted octanol–water partition coefficient (Wildman–Crippen LogP) is 3.53. The van der Waals surface area contributed by atoms with Crippen molar-refractivity contribution in [3.63, 3.8) is 0 Å². The maximum Gasteiger partial charge on any atom is 0.227 e. The van der Waals surface area contributed by atoms with Crippen LogP contribution in [-0.2, 0) is 11.2 Å². The van der Waals surface area contributed by atoms with Crippen LogP contribution in [0.5, 0.6) is 0 Å². The van der Waals surface area contributed by atoms with Gasteiger partial charge in [0.15, 0.2) is 0 Å². The van der Waals surface area contributed by atoms with Crippen LogP contribution in [0, 0.1) is 0 Å². The van der Waals surface area contributed by atoms with E-state index >= 15 is 0 Å². The number of aromatic nitrogens is 2. The molecule has 0 saturated carbocycles. The van der Waals surface area contributed by atoms with Gasteiger partial charge in [0.25, 0.3) is 0 Å². The van der Waals surface area contributed by atoms with Crippen LogP contribution in [0.25, 0.3) is 11.0 Å². The van der Waals surface area contributed by atoms with Crippen LogP contribution < -0.4 is 0 Å². The van der Waals surface area contributed by atoms with Crippen LogP contribution >= 0.6 is 11.3 Å². The van der Waals surface area contributed by atoms with Crippen molar-refractivity contribution in [1.82, 2.24) is 14.9 Å². The fourth-order valence-electron chi connectivity index (χ4n) is 3.15. The molecule has 1 amide bonds. The molecule has 4 rings (SSSR count). The third-order valence-electron chi connectivity index (χ3n) is 4.23. The number of H-pyrrole nitrogens is 1. The first-order valence-corrected chi connectivity index (χ1v) is 8.51. The Labute approximate surface area is 132 Å². The van der Waals surface area contributed by atoms with E-state index in [-0.39, 0.29) is 11.9 Å². The molecular formula is C17H17N3OS.